The molecule has 0 saturated heterocycles. The Morgan fingerprint density at radius 2 is 0.683 bits per heavy atom. The van der Waals surface area contributed by atoms with E-state index in [-0.39, 0.29) is 0 Å². The van der Waals surface area contributed by atoms with E-state index in [2.05, 4.69) is 229 Å². The Morgan fingerprint density at radius 1 is 0.267 bits per heavy atom. The van der Waals surface area contributed by atoms with Crippen LogP contribution in [-0.4, -0.2) is 31.9 Å². The maximum absolute atomic E-state index is 2.52. The molecule has 0 aliphatic carbocycles. The van der Waals surface area contributed by atoms with Crippen LogP contribution in [0.25, 0.3) is 110 Å². The van der Waals surface area contributed by atoms with E-state index in [0.717, 1.165) is 0 Å². The second-order valence-corrected chi connectivity index (χ2v) is 19.6. The first-order valence-corrected chi connectivity index (χ1v) is 23.7. The monoisotopic (exact) mass is 879 g/mol. The van der Waals surface area contributed by atoms with Gasteiger partial charge in [-0.05, 0) is 0 Å². The molecule has 2 heteroatoms. The van der Waals surface area contributed by atoms with Crippen LogP contribution in [0.2, 0.25) is 0 Å². The quantitative estimate of drug-likeness (QED) is 0.119. The van der Waals surface area contributed by atoms with Crippen LogP contribution in [0, 0.1) is 0 Å². The summed E-state index contributed by atoms with van der Waals surface area (Å²) in [6.07, 6.45) is 0. The van der Waals surface area contributed by atoms with Gasteiger partial charge in [-0.15, -0.1) is 0 Å². The van der Waals surface area contributed by atoms with Crippen LogP contribution >= 0.6 is 0 Å². The normalized spacial score (nSPS) is 12.0. The summed E-state index contributed by atoms with van der Waals surface area (Å²) in [5.41, 5.74) is 15.6. The average molecular weight is 877 g/mol. The molecule has 12 rings (SSSR count). The van der Waals surface area contributed by atoms with Crippen LogP contribution in [-0.2, 0) is 0 Å². The number of hydrogen-bond acceptors (Lipinski definition) is 0. The number of benzene rings is 11. The Bertz CT molecular complexity index is 3470. The third-order valence-corrected chi connectivity index (χ3v) is 16.6. The van der Waals surface area contributed by atoms with Gasteiger partial charge in [-0.2, -0.15) is 0 Å². The molecule has 0 atom stereocenters. The molecule has 11 aromatic rings. The zero-order valence-electron chi connectivity index (χ0n) is 32.7. The molecule has 11 aromatic carbocycles. The second kappa shape index (κ2) is 14.4. The van der Waals surface area contributed by atoms with Gasteiger partial charge in [0.1, 0.15) is 0 Å². The van der Waals surface area contributed by atoms with Crippen LogP contribution in [0.5, 0.6) is 0 Å². The fraction of sp³-hybridized carbons (Fsp3) is 0. The molecule has 0 bridgehead atoms. The molecular weight excluding hydrogens is 842 g/mol. The third kappa shape index (κ3) is 5.59. The van der Waals surface area contributed by atoms with Gasteiger partial charge in [0, 0.05) is 0 Å². The Kier molecular flexibility index (Phi) is 8.50. The average Bonchev–Trinajstić information content (AvgIpc) is 3.69. The van der Waals surface area contributed by atoms with Crippen LogP contribution < -0.4 is 13.2 Å². The van der Waals surface area contributed by atoms with E-state index in [1.165, 1.54) is 123 Å². The Hall–Kier alpha value is -6.45. The molecule has 5 radical (unpaired) electrons. The van der Waals surface area contributed by atoms with Crippen molar-refractivity contribution >= 4 is 88.2 Å². The first-order valence-electron chi connectivity index (χ1n) is 20.6. The van der Waals surface area contributed by atoms with E-state index in [4.69, 9.17) is 0 Å². The van der Waals surface area contributed by atoms with Crippen molar-refractivity contribution in [3.05, 3.63) is 212 Å². The van der Waals surface area contributed by atoms with Crippen molar-refractivity contribution in [3.63, 3.8) is 0 Å². The number of fused-ring (bicyclic) bond motifs is 7. The predicted octanol–water partition coefficient (Wildman–Crippen LogP) is 13.1. The van der Waals surface area contributed by atoms with Crippen molar-refractivity contribution in [2.45, 2.75) is 0 Å². The van der Waals surface area contributed by atoms with E-state index >= 15 is 0 Å². The van der Waals surface area contributed by atoms with Crippen molar-refractivity contribution in [1.29, 1.82) is 0 Å². The summed E-state index contributed by atoms with van der Waals surface area (Å²) in [6.45, 7) is 0. The van der Waals surface area contributed by atoms with E-state index in [9.17, 15) is 0 Å². The fourth-order valence-corrected chi connectivity index (χ4v) is 13.8. The molecule has 0 unspecified atom stereocenters. The summed E-state index contributed by atoms with van der Waals surface area (Å²) >= 11 is 1.70. The van der Waals surface area contributed by atoms with E-state index in [1.54, 1.807) is 0 Å². The molecule has 0 fully saturated rings. The van der Waals surface area contributed by atoms with Gasteiger partial charge in [0.25, 0.3) is 0 Å². The third-order valence-electron chi connectivity index (χ3n) is 12.5. The summed E-state index contributed by atoms with van der Waals surface area (Å²) < 4.78 is 4.35. The number of hydrogen-bond donors (Lipinski definition) is 0. The number of rotatable bonds is 5. The minimum absolute atomic E-state index is 0.509. The van der Waals surface area contributed by atoms with Gasteiger partial charge in [0.05, 0.1) is 0 Å². The SMILES string of the molecule is [Ge][c]1ccccc1-c1cccc(-c2cccc3c(-c4c5ccccc5c(-c5ccccc5)c5ccccc45)c4cccc(-c5cccc6[c]5[Ge][c]5ccccc5-6)c4cc23)c1. The van der Waals surface area contributed by atoms with Crippen molar-refractivity contribution in [2.75, 3.05) is 0 Å². The zero-order valence-corrected chi connectivity index (χ0v) is 36.9. The van der Waals surface area contributed by atoms with E-state index < -0.39 is 15.4 Å². The van der Waals surface area contributed by atoms with Crippen molar-refractivity contribution in [1.82, 2.24) is 0 Å². The van der Waals surface area contributed by atoms with Gasteiger partial charge < -0.3 is 0 Å². The predicted molar refractivity (Wildman–Crippen MR) is 259 cm³/mol. The van der Waals surface area contributed by atoms with E-state index in [0.29, 0.717) is 0 Å². The molecule has 1 heterocycles. The molecule has 60 heavy (non-hydrogen) atoms. The molecule has 1 aliphatic heterocycles. The first-order chi connectivity index (χ1) is 29.7. The van der Waals surface area contributed by atoms with Gasteiger partial charge in [-0.3, -0.25) is 0 Å². The topological polar surface area (TPSA) is 0 Å². The van der Waals surface area contributed by atoms with Gasteiger partial charge in [0.2, 0.25) is 0 Å². The van der Waals surface area contributed by atoms with Gasteiger partial charge >= 0.3 is 349 Å². The summed E-state index contributed by atoms with van der Waals surface area (Å²) in [5.74, 6) is 0. The zero-order chi connectivity index (χ0) is 39.7. The molecule has 0 N–H and O–H groups in total. The maximum atomic E-state index is 2.52. The van der Waals surface area contributed by atoms with Crippen molar-refractivity contribution in [3.8, 4) is 66.8 Å². The van der Waals surface area contributed by atoms with Crippen molar-refractivity contribution in [2.24, 2.45) is 0 Å². The molecule has 0 saturated carbocycles. The van der Waals surface area contributed by atoms with Crippen LogP contribution in [0.1, 0.15) is 0 Å². The summed E-state index contributed by atoms with van der Waals surface area (Å²) in [5, 5.41) is 10.2. The van der Waals surface area contributed by atoms with Crippen LogP contribution in [0.15, 0.2) is 212 Å². The Labute approximate surface area is 364 Å². The molecule has 0 nitrogen and oxygen atoms in total. The van der Waals surface area contributed by atoms with Crippen LogP contribution in [0.4, 0.5) is 0 Å². The molecule has 1 aliphatic rings. The van der Waals surface area contributed by atoms with Crippen molar-refractivity contribution < 1.29 is 0 Å². The molecule has 0 amide bonds. The molecule has 275 valence electrons. The molecular formula is C58H35Ge2. The van der Waals surface area contributed by atoms with Crippen LogP contribution in [0.3, 0.4) is 0 Å². The minimum atomic E-state index is -0.509. The second-order valence-electron chi connectivity index (χ2n) is 15.8. The first kappa shape index (κ1) is 35.5. The van der Waals surface area contributed by atoms with Gasteiger partial charge in [-0.1, -0.05) is 18.2 Å². The summed E-state index contributed by atoms with van der Waals surface area (Å²) in [7, 11) is 0. The Morgan fingerprint density at radius 3 is 1.37 bits per heavy atom. The fourth-order valence-electron chi connectivity index (χ4n) is 9.92. The summed E-state index contributed by atoms with van der Waals surface area (Å²) in [4.78, 5) is 0. The van der Waals surface area contributed by atoms with Gasteiger partial charge in [0.15, 0.2) is 0 Å². The summed E-state index contributed by atoms with van der Waals surface area (Å²) in [6, 6.07) is 79.5. The molecule has 0 spiro atoms. The Balaban J connectivity index is 1.22. The standard InChI is InChI=1S/C58H35Ge2/c59-53-32-10-8-20-40(53)38-19-12-18-37(34-38)39-26-13-28-47-51(39)35-52-41(49-30-15-31-50-42-21-9-11-33-54(42)60-58(49)50)27-14-29-48(52)57(47)56-45-24-6-4-22-43(45)55(36-16-2-1-3-17-36)44-23-5-7-25-46(44)56/h1-35H. The van der Waals surface area contributed by atoms with Gasteiger partial charge in [-0.25, -0.2) is 0 Å². The van der Waals surface area contributed by atoms with E-state index in [1.807, 2.05) is 0 Å². The molecule has 0 aromatic heterocycles.